The molecular formula is C9H11Cl2NO2S. The van der Waals surface area contributed by atoms with Crippen molar-refractivity contribution < 1.29 is 8.42 Å². The normalized spacial score (nSPS) is 11.5. The van der Waals surface area contributed by atoms with Gasteiger partial charge in [0.25, 0.3) is 0 Å². The van der Waals surface area contributed by atoms with E-state index in [2.05, 4.69) is 4.72 Å². The highest BCUT2D eigenvalue weighted by Gasteiger charge is 2.14. The summed E-state index contributed by atoms with van der Waals surface area (Å²) in [5, 5.41) is 0.627. The second-order valence-electron chi connectivity index (χ2n) is 3.06. The average molecular weight is 268 g/mol. The van der Waals surface area contributed by atoms with Gasteiger partial charge in [0, 0.05) is 0 Å². The molecule has 0 bridgehead atoms. The molecule has 0 aliphatic rings. The number of rotatable bonds is 3. The molecular weight excluding hydrogens is 257 g/mol. The molecule has 0 saturated carbocycles. The highest BCUT2D eigenvalue weighted by atomic mass is 35.5. The highest BCUT2D eigenvalue weighted by molar-refractivity contribution is 7.92. The third kappa shape index (κ3) is 3.00. The highest BCUT2D eigenvalue weighted by Crippen LogP contribution is 2.33. The number of benzene rings is 1. The molecule has 3 nitrogen and oxygen atoms in total. The van der Waals surface area contributed by atoms with Crippen molar-refractivity contribution in [2.45, 2.75) is 13.8 Å². The van der Waals surface area contributed by atoms with Crippen LogP contribution in [0.3, 0.4) is 0 Å². The molecule has 0 unspecified atom stereocenters. The quantitative estimate of drug-likeness (QED) is 0.915. The van der Waals surface area contributed by atoms with Crippen molar-refractivity contribution in [3.05, 3.63) is 27.7 Å². The van der Waals surface area contributed by atoms with Crippen molar-refractivity contribution in [3.8, 4) is 0 Å². The smallest absolute Gasteiger partial charge is 0.232 e. The van der Waals surface area contributed by atoms with Crippen LogP contribution in [0.15, 0.2) is 12.1 Å². The minimum absolute atomic E-state index is 0.0202. The van der Waals surface area contributed by atoms with Gasteiger partial charge in [0.2, 0.25) is 10.0 Å². The van der Waals surface area contributed by atoms with Gasteiger partial charge in [0.05, 0.1) is 21.5 Å². The summed E-state index contributed by atoms with van der Waals surface area (Å²) in [7, 11) is -3.35. The Bertz CT molecular complexity index is 471. The van der Waals surface area contributed by atoms with Crippen LogP contribution in [-0.2, 0) is 10.0 Å². The number of hydrogen-bond acceptors (Lipinski definition) is 2. The van der Waals surface area contributed by atoms with Crippen molar-refractivity contribution in [3.63, 3.8) is 0 Å². The standard InChI is InChI=1S/C9H11Cl2NO2S/c1-3-15(13,14)12-9-7(10)5-4-6(2)8(9)11/h4-5,12H,3H2,1-2H3. The van der Waals surface area contributed by atoms with Crippen LogP contribution in [0.2, 0.25) is 10.0 Å². The van der Waals surface area contributed by atoms with E-state index in [-0.39, 0.29) is 11.4 Å². The number of nitrogens with one attached hydrogen (secondary N) is 1. The summed E-state index contributed by atoms with van der Waals surface area (Å²) < 4.78 is 25.1. The second-order valence-corrected chi connectivity index (χ2v) is 5.85. The Kier molecular flexibility index (Phi) is 3.87. The zero-order valence-corrected chi connectivity index (χ0v) is 10.7. The van der Waals surface area contributed by atoms with Crippen molar-refractivity contribution in [1.29, 1.82) is 0 Å². The first-order valence-corrected chi connectivity index (χ1v) is 6.73. The number of anilines is 1. The van der Waals surface area contributed by atoms with Gasteiger partial charge < -0.3 is 0 Å². The summed E-state index contributed by atoms with van der Waals surface area (Å²) in [5.74, 6) is -0.0202. The van der Waals surface area contributed by atoms with E-state index < -0.39 is 10.0 Å². The number of aryl methyl sites for hydroxylation is 1. The van der Waals surface area contributed by atoms with Gasteiger partial charge in [0.1, 0.15) is 0 Å². The van der Waals surface area contributed by atoms with Gasteiger partial charge in [-0.15, -0.1) is 0 Å². The monoisotopic (exact) mass is 267 g/mol. The van der Waals surface area contributed by atoms with Crippen LogP contribution in [0.1, 0.15) is 12.5 Å². The van der Waals surface area contributed by atoms with Gasteiger partial charge in [-0.05, 0) is 25.5 Å². The van der Waals surface area contributed by atoms with Crippen LogP contribution < -0.4 is 4.72 Å². The van der Waals surface area contributed by atoms with Crippen LogP contribution >= 0.6 is 23.2 Å². The minimum Gasteiger partial charge on any atom is -0.281 e. The van der Waals surface area contributed by atoms with Crippen LogP contribution in [0.4, 0.5) is 5.69 Å². The Morgan fingerprint density at radius 1 is 1.33 bits per heavy atom. The molecule has 0 atom stereocenters. The fraction of sp³-hybridized carbons (Fsp3) is 0.333. The summed E-state index contributed by atoms with van der Waals surface area (Å²) in [5.41, 5.74) is 1.02. The first-order valence-electron chi connectivity index (χ1n) is 4.32. The summed E-state index contributed by atoms with van der Waals surface area (Å²) in [6, 6.07) is 3.34. The Morgan fingerprint density at radius 3 is 2.47 bits per heavy atom. The Labute approximate surface area is 99.4 Å². The lowest BCUT2D eigenvalue weighted by atomic mass is 10.2. The molecule has 1 aromatic rings. The fourth-order valence-corrected chi connectivity index (χ4v) is 2.22. The first kappa shape index (κ1) is 12.6. The third-order valence-corrected chi connectivity index (χ3v) is 4.00. The number of hydrogen-bond donors (Lipinski definition) is 1. The van der Waals surface area contributed by atoms with Gasteiger partial charge in [-0.25, -0.2) is 8.42 Å². The van der Waals surface area contributed by atoms with Gasteiger partial charge >= 0.3 is 0 Å². The molecule has 15 heavy (non-hydrogen) atoms. The van der Waals surface area contributed by atoms with E-state index in [1.807, 2.05) is 0 Å². The van der Waals surface area contributed by atoms with Gasteiger partial charge in [-0.2, -0.15) is 0 Å². The Hall–Kier alpha value is -0.450. The molecule has 0 aliphatic heterocycles. The lowest BCUT2D eigenvalue weighted by molar-refractivity contribution is 0.602. The first-order chi connectivity index (χ1) is 6.87. The van der Waals surface area contributed by atoms with Crippen LogP contribution in [0, 0.1) is 6.92 Å². The van der Waals surface area contributed by atoms with Crippen LogP contribution in [-0.4, -0.2) is 14.2 Å². The van der Waals surface area contributed by atoms with Crippen molar-refractivity contribution in [1.82, 2.24) is 0 Å². The van der Waals surface area contributed by atoms with E-state index in [0.29, 0.717) is 10.0 Å². The number of halogens is 2. The maximum absolute atomic E-state index is 11.4. The molecule has 0 amide bonds. The van der Waals surface area contributed by atoms with Crippen molar-refractivity contribution in [2.75, 3.05) is 10.5 Å². The maximum Gasteiger partial charge on any atom is 0.232 e. The van der Waals surface area contributed by atoms with Crippen molar-refractivity contribution >= 4 is 38.9 Å². The number of sulfonamides is 1. The van der Waals surface area contributed by atoms with E-state index in [1.165, 1.54) is 0 Å². The van der Waals surface area contributed by atoms with E-state index in [9.17, 15) is 8.42 Å². The fourth-order valence-electron chi connectivity index (χ4n) is 0.978. The van der Waals surface area contributed by atoms with E-state index in [0.717, 1.165) is 5.56 Å². The van der Waals surface area contributed by atoms with Gasteiger partial charge in [-0.1, -0.05) is 29.3 Å². The molecule has 0 heterocycles. The van der Waals surface area contributed by atoms with Crippen LogP contribution in [0.25, 0.3) is 0 Å². The molecule has 1 rings (SSSR count). The van der Waals surface area contributed by atoms with E-state index in [1.54, 1.807) is 26.0 Å². The molecule has 6 heteroatoms. The van der Waals surface area contributed by atoms with E-state index >= 15 is 0 Å². The Morgan fingerprint density at radius 2 is 1.93 bits per heavy atom. The molecule has 0 spiro atoms. The largest absolute Gasteiger partial charge is 0.281 e. The zero-order valence-electron chi connectivity index (χ0n) is 8.34. The molecule has 84 valence electrons. The predicted octanol–water partition coefficient (Wildman–Crippen LogP) is 3.06. The van der Waals surface area contributed by atoms with Crippen molar-refractivity contribution in [2.24, 2.45) is 0 Å². The zero-order chi connectivity index (χ0) is 11.6. The predicted molar refractivity (Wildman–Crippen MR) is 64.3 cm³/mol. The lowest BCUT2D eigenvalue weighted by Crippen LogP contribution is -2.15. The molecule has 1 aromatic carbocycles. The summed E-state index contributed by atoms with van der Waals surface area (Å²) >= 11 is 11.8. The minimum atomic E-state index is -3.35. The molecule has 1 N–H and O–H groups in total. The van der Waals surface area contributed by atoms with E-state index in [4.69, 9.17) is 23.2 Å². The molecule has 0 saturated heterocycles. The molecule has 0 radical (unpaired) electrons. The molecule has 0 aromatic heterocycles. The third-order valence-electron chi connectivity index (χ3n) is 1.92. The molecule has 0 aliphatic carbocycles. The van der Waals surface area contributed by atoms with Gasteiger partial charge in [0.15, 0.2) is 0 Å². The topological polar surface area (TPSA) is 46.2 Å². The summed E-state index contributed by atoms with van der Waals surface area (Å²) in [6.07, 6.45) is 0. The average Bonchev–Trinajstić information content (AvgIpc) is 2.19. The Balaban J connectivity index is 3.21. The maximum atomic E-state index is 11.4. The van der Waals surface area contributed by atoms with Gasteiger partial charge in [-0.3, -0.25) is 4.72 Å². The second kappa shape index (κ2) is 4.60. The lowest BCUT2D eigenvalue weighted by Gasteiger charge is -2.11. The molecule has 0 fully saturated rings. The summed E-state index contributed by atoms with van der Waals surface area (Å²) in [4.78, 5) is 0. The SMILES string of the molecule is CCS(=O)(=O)Nc1c(Cl)ccc(C)c1Cl. The van der Waals surface area contributed by atoms with Crippen LogP contribution in [0.5, 0.6) is 0 Å². The summed E-state index contributed by atoms with van der Waals surface area (Å²) in [6.45, 7) is 3.32.